The van der Waals surface area contributed by atoms with Crippen LogP contribution in [0.3, 0.4) is 0 Å². The van der Waals surface area contributed by atoms with Crippen molar-refractivity contribution in [3.8, 4) is 17.2 Å². The van der Waals surface area contributed by atoms with E-state index in [9.17, 15) is 10.1 Å². The Hall–Kier alpha value is -4.67. The maximum Gasteiger partial charge on any atom is 0.260 e. The van der Waals surface area contributed by atoms with Gasteiger partial charge in [-0.15, -0.1) is 11.3 Å². The van der Waals surface area contributed by atoms with Gasteiger partial charge in [-0.25, -0.2) is 4.98 Å². The Labute approximate surface area is 225 Å². The molecule has 38 heavy (non-hydrogen) atoms. The van der Waals surface area contributed by atoms with Gasteiger partial charge in [-0.05, 0) is 53.8 Å². The van der Waals surface area contributed by atoms with Gasteiger partial charge < -0.3 is 16.4 Å². The number of hydrogen-bond acceptors (Lipinski definition) is 6. The quantitative estimate of drug-likeness (QED) is 0.213. The van der Waals surface area contributed by atoms with Gasteiger partial charge in [0.1, 0.15) is 28.0 Å². The molecule has 0 unspecified atom stereocenters. The maximum atomic E-state index is 13.8. The summed E-state index contributed by atoms with van der Waals surface area (Å²) < 4.78 is 0.720. The topological polar surface area (TPSA) is 104 Å². The number of fused-ring (bicyclic) bond motifs is 1. The first-order valence-corrected chi connectivity index (χ1v) is 13.1. The van der Waals surface area contributed by atoms with Crippen LogP contribution in [0.15, 0.2) is 78.9 Å². The van der Waals surface area contributed by atoms with Crippen molar-refractivity contribution in [3.63, 3.8) is 0 Å². The third-order valence-electron chi connectivity index (χ3n) is 6.36. The highest BCUT2D eigenvalue weighted by Gasteiger charge is 2.26. The van der Waals surface area contributed by atoms with Crippen LogP contribution in [0.5, 0.6) is 0 Å². The number of amides is 1. The van der Waals surface area contributed by atoms with Gasteiger partial charge >= 0.3 is 0 Å². The number of nitrogens with two attached hydrogens (primary N) is 1. The van der Waals surface area contributed by atoms with Gasteiger partial charge in [0.05, 0.1) is 10.2 Å². The predicted octanol–water partition coefficient (Wildman–Crippen LogP) is 7.84. The highest BCUT2D eigenvalue weighted by molar-refractivity contribution is 7.24. The average Bonchev–Trinajstić information content (AvgIpc) is 3.25. The number of nitriles is 1. The molecule has 0 radical (unpaired) electrons. The van der Waals surface area contributed by atoms with Crippen LogP contribution in [0.25, 0.3) is 21.3 Å². The molecule has 0 bridgehead atoms. The summed E-state index contributed by atoms with van der Waals surface area (Å²) in [6, 6.07) is 27.6. The largest absolute Gasteiger partial charge is 0.383 e. The lowest BCUT2D eigenvalue weighted by atomic mass is 10.00. The van der Waals surface area contributed by atoms with Gasteiger partial charge in [-0.1, -0.05) is 68.4 Å². The Morgan fingerprint density at radius 1 is 1.00 bits per heavy atom. The Kier molecular flexibility index (Phi) is 6.82. The van der Waals surface area contributed by atoms with Crippen molar-refractivity contribution in [2.75, 3.05) is 16.4 Å². The molecule has 1 amide bonds. The van der Waals surface area contributed by atoms with E-state index >= 15 is 0 Å². The molecule has 2 heterocycles. The highest BCUT2D eigenvalue weighted by Crippen LogP contribution is 2.44. The maximum absolute atomic E-state index is 13.8. The molecule has 3 aromatic carbocycles. The fraction of sp³-hybridized carbons (Fsp3) is 0.129. The van der Waals surface area contributed by atoms with Crippen LogP contribution in [0.4, 0.5) is 22.2 Å². The Bertz CT molecular complexity index is 1680. The summed E-state index contributed by atoms with van der Waals surface area (Å²) in [6.07, 6.45) is 0. The number of thiophene rings is 1. The molecular weight excluding hydrogens is 490 g/mol. The number of carbonyl (C=O) groups excluding carboxylic acids is 1. The summed E-state index contributed by atoms with van der Waals surface area (Å²) >= 11 is 1.39. The normalized spacial score (nSPS) is 10.9. The van der Waals surface area contributed by atoms with Crippen molar-refractivity contribution in [3.05, 3.63) is 101 Å². The second-order valence-electron chi connectivity index (χ2n) is 9.43. The molecule has 5 rings (SSSR count). The Balaban J connectivity index is 1.71. The van der Waals surface area contributed by atoms with Gasteiger partial charge in [-0.2, -0.15) is 5.26 Å². The zero-order valence-corrected chi connectivity index (χ0v) is 22.2. The predicted molar refractivity (Wildman–Crippen MR) is 157 cm³/mol. The molecule has 5 aromatic rings. The molecule has 0 saturated heterocycles. The molecule has 0 spiro atoms. The second-order valence-corrected chi connectivity index (χ2v) is 10.5. The summed E-state index contributed by atoms with van der Waals surface area (Å²) in [5.41, 5.74) is 12.7. The molecule has 2 aromatic heterocycles. The molecule has 0 saturated carbocycles. The summed E-state index contributed by atoms with van der Waals surface area (Å²) in [7, 11) is 0. The third kappa shape index (κ3) is 4.82. The van der Waals surface area contributed by atoms with E-state index < -0.39 is 0 Å². The lowest BCUT2D eigenvalue weighted by Gasteiger charge is -2.11. The van der Waals surface area contributed by atoms with Crippen molar-refractivity contribution in [2.45, 2.75) is 26.7 Å². The van der Waals surface area contributed by atoms with E-state index in [1.807, 2.05) is 73.7 Å². The lowest BCUT2D eigenvalue weighted by molar-refractivity contribution is 0.102. The monoisotopic (exact) mass is 517 g/mol. The molecule has 0 aliphatic heterocycles. The number of rotatable bonds is 6. The first-order valence-electron chi connectivity index (χ1n) is 12.3. The second kappa shape index (κ2) is 10.4. The van der Waals surface area contributed by atoms with Crippen molar-refractivity contribution < 1.29 is 4.79 Å². The zero-order valence-electron chi connectivity index (χ0n) is 21.4. The zero-order chi connectivity index (χ0) is 26.8. The molecule has 6 nitrogen and oxygen atoms in total. The molecule has 0 atom stereocenters. The summed E-state index contributed by atoms with van der Waals surface area (Å²) in [5, 5.41) is 17.1. The van der Waals surface area contributed by atoms with Crippen LogP contribution in [0.1, 0.15) is 46.8 Å². The average molecular weight is 518 g/mol. The fourth-order valence-electron chi connectivity index (χ4n) is 4.41. The number of hydrogen-bond donors (Lipinski definition) is 3. The number of carbonyl (C=O) groups is 1. The van der Waals surface area contributed by atoms with E-state index in [0.29, 0.717) is 38.8 Å². The Morgan fingerprint density at radius 2 is 1.74 bits per heavy atom. The molecule has 0 aliphatic carbocycles. The Morgan fingerprint density at radius 3 is 2.39 bits per heavy atom. The standard InChI is InChI=1S/C31H27N5OS/c1-18(2)20-12-14-22(15-13-20)35-31-26(30(37)34-23-11-7-8-19(3)16-23)27-28(38-31)25(21-9-5-4-6-10-21)24(17-32)29(33)36-27/h4-16,18,35H,1-3H3,(H2,33,36)(H,34,37). The molecular formula is C31H27N5OS. The molecule has 0 aliphatic rings. The first kappa shape index (κ1) is 25.0. The minimum absolute atomic E-state index is 0.0918. The summed E-state index contributed by atoms with van der Waals surface area (Å²) in [5.74, 6) is 0.196. The third-order valence-corrected chi connectivity index (χ3v) is 7.47. The van der Waals surface area contributed by atoms with Crippen LogP contribution in [-0.2, 0) is 0 Å². The van der Waals surface area contributed by atoms with E-state index in [4.69, 9.17) is 5.73 Å². The number of nitrogen functional groups attached to an aromatic ring is 1. The van der Waals surface area contributed by atoms with Crippen LogP contribution in [0.2, 0.25) is 0 Å². The van der Waals surface area contributed by atoms with Crippen LogP contribution in [0, 0.1) is 18.3 Å². The molecule has 188 valence electrons. The van der Waals surface area contributed by atoms with Gasteiger partial charge in [-0.3, -0.25) is 4.79 Å². The fourth-order valence-corrected chi connectivity index (χ4v) is 5.64. The van der Waals surface area contributed by atoms with Gasteiger partial charge in [0.25, 0.3) is 5.91 Å². The number of benzene rings is 3. The highest BCUT2D eigenvalue weighted by atomic mass is 32.1. The number of anilines is 4. The van der Waals surface area contributed by atoms with E-state index in [-0.39, 0.29) is 11.7 Å². The van der Waals surface area contributed by atoms with Gasteiger partial charge in [0.2, 0.25) is 0 Å². The van der Waals surface area contributed by atoms with E-state index in [1.54, 1.807) is 0 Å². The number of aromatic nitrogens is 1. The molecule has 0 fully saturated rings. The van der Waals surface area contributed by atoms with Crippen LogP contribution in [-0.4, -0.2) is 10.9 Å². The van der Waals surface area contributed by atoms with Crippen molar-refractivity contribution in [1.82, 2.24) is 4.98 Å². The van der Waals surface area contributed by atoms with E-state index in [1.165, 1.54) is 16.9 Å². The smallest absolute Gasteiger partial charge is 0.260 e. The number of pyridine rings is 1. The van der Waals surface area contributed by atoms with Crippen molar-refractivity contribution in [2.24, 2.45) is 0 Å². The minimum atomic E-state index is -0.307. The van der Waals surface area contributed by atoms with Gasteiger partial charge in [0, 0.05) is 16.9 Å². The van der Waals surface area contributed by atoms with Crippen LogP contribution < -0.4 is 16.4 Å². The number of nitrogens with one attached hydrogen (secondary N) is 2. The number of nitrogens with zero attached hydrogens (tertiary/aromatic N) is 2. The first-order chi connectivity index (χ1) is 18.4. The summed E-state index contributed by atoms with van der Waals surface area (Å²) in [4.78, 5) is 18.4. The number of aryl methyl sites for hydroxylation is 1. The van der Waals surface area contributed by atoms with Crippen molar-refractivity contribution in [1.29, 1.82) is 5.26 Å². The van der Waals surface area contributed by atoms with Crippen LogP contribution >= 0.6 is 11.3 Å². The molecule has 4 N–H and O–H groups in total. The SMILES string of the molecule is Cc1cccc(NC(=O)c2c(Nc3ccc(C(C)C)cc3)sc3c(-c4ccccc4)c(C#N)c(N)nc23)c1. The van der Waals surface area contributed by atoms with Gasteiger partial charge in [0.15, 0.2) is 0 Å². The van der Waals surface area contributed by atoms with E-state index in [2.05, 4.69) is 47.7 Å². The lowest BCUT2D eigenvalue weighted by Crippen LogP contribution is -2.13. The van der Waals surface area contributed by atoms with E-state index in [0.717, 1.165) is 21.5 Å². The minimum Gasteiger partial charge on any atom is -0.383 e. The summed E-state index contributed by atoms with van der Waals surface area (Å²) in [6.45, 7) is 6.27. The molecule has 7 heteroatoms. The van der Waals surface area contributed by atoms with Crippen molar-refractivity contribution >= 4 is 49.7 Å².